The van der Waals surface area contributed by atoms with Crippen molar-refractivity contribution in [2.45, 2.75) is 0 Å². The van der Waals surface area contributed by atoms with E-state index in [2.05, 4.69) is 5.32 Å². The van der Waals surface area contributed by atoms with E-state index in [9.17, 15) is 9.18 Å². The summed E-state index contributed by atoms with van der Waals surface area (Å²) < 4.78 is 18.8. The highest BCUT2D eigenvalue weighted by molar-refractivity contribution is 7.22. The van der Waals surface area contributed by atoms with E-state index in [0.717, 1.165) is 0 Å². The molecular formula is C16H10Cl2FNO2S. The number of nitrogens with one attached hydrogen (secondary N) is 1. The summed E-state index contributed by atoms with van der Waals surface area (Å²) in [5.41, 5.74) is 0.480. The Bertz CT molecular complexity index is 893. The van der Waals surface area contributed by atoms with Crippen molar-refractivity contribution in [2.75, 3.05) is 12.4 Å². The van der Waals surface area contributed by atoms with E-state index in [4.69, 9.17) is 27.9 Å². The average Bonchev–Trinajstić information content (AvgIpc) is 2.88. The Morgan fingerprint density at radius 1 is 1.13 bits per heavy atom. The fourth-order valence-corrected chi connectivity index (χ4v) is 3.89. The van der Waals surface area contributed by atoms with Gasteiger partial charge in [-0.15, -0.1) is 11.3 Å². The Morgan fingerprint density at radius 3 is 2.48 bits per heavy atom. The zero-order valence-corrected chi connectivity index (χ0v) is 14.2. The number of thiophene rings is 1. The Hall–Kier alpha value is -1.82. The van der Waals surface area contributed by atoms with Crippen LogP contribution in [0.15, 0.2) is 36.4 Å². The van der Waals surface area contributed by atoms with E-state index >= 15 is 0 Å². The van der Waals surface area contributed by atoms with Crippen LogP contribution in [0.2, 0.25) is 10.0 Å². The molecule has 0 unspecified atom stereocenters. The fourth-order valence-electron chi connectivity index (χ4n) is 2.10. The molecule has 0 aliphatic heterocycles. The number of anilines is 1. The van der Waals surface area contributed by atoms with Crippen LogP contribution >= 0.6 is 34.5 Å². The van der Waals surface area contributed by atoms with Gasteiger partial charge in [-0.1, -0.05) is 23.2 Å². The van der Waals surface area contributed by atoms with Crippen molar-refractivity contribution in [3.05, 3.63) is 57.1 Å². The molecule has 1 amide bonds. The highest BCUT2D eigenvalue weighted by Gasteiger charge is 2.20. The zero-order valence-electron chi connectivity index (χ0n) is 11.8. The van der Waals surface area contributed by atoms with Gasteiger partial charge in [0.15, 0.2) is 0 Å². The first kappa shape index (κ1) is 16.1. The second-order valence-corrected chi connectivity index (χ2v) is 6.44. The summed E-state index contributed by atoms with van der Waals surface area (Å²) in [6, 6.07) is 8.95. The Kier molecular flexibility index (Phi) is 4.43. The quantitative estimate of drug-likeness (QED) is 0.651. The molecule has 3 nitrogen and oxygen atoms in total. The fraction of sp³-hybridized carbons (Fsp3) is 0.0625. The molecule has 1 N–H and O–H groups in total. The van der Waals surface area contributed by atoms with Crippen molar-refractivity contribution in [1.82, 2.24) is 0 Å². The first-order valence-electron chi connectivity index (χ1n) is 6.52. The molecule has 3 aromatic rings. The standard InChI is InChI=1S/C16H10Cl2FNO2S/c1-22-11-7-6-10-12(17)15(23-14(10)13(11)18)16(21)20-9-4-2-8(19)3-5-9/h2-7H,1H3,(H,20,21). The van der Waals surface area contributed by atoms with Crippen molar-refractivity contribution < 1.29 is 13.9 Å². The van der Waals surface area contributed by atoms with Gasteiger partial charge in [0.25, 0.3) is 5.91 Å². The molecule has 0 saturated heterocycles. The van der Waals surface area contributed by atoms with E-state index in [1.54, 1.807) is 12.1 Å². The maximum Gasteiger partial charge on any atom is 0.267 e. The maximum atomic E-state index is 12.9. The molecule has 0 radical (unpaired) electrons. The van der Waals surface area contributed by atoms with Gasteiger partial charge in [0.2, 0.25) is 0 Å². The van der Waals surface area contributed by atoms with Crippen molar-refractivity contribution in [3.8, 4) is 5.75 Å². The predicted molar refractivity (Wildman–Crippen MR) is 92.8 cm³/mol. The van der Waals surface area contributed by atoms with Crippen LogP contribution in [-0.2, 0) is 0 Å². The number of hydrogen-bond acceptors (Lipinski definition) is 3. The van der Waals surface area contributed by atoms with E-state index < -0.39 is 0 Å². The number of halogens is 3. The lowest BCUT2D eigenvalue weighted by atomic mass is 10.2. The lowest BCUT2D eigenvalue weighted by molar-refractivity contribution is 0.103. The second kappa shape index (κ2) is 6.35. The number of benzene rings is 2. The number of ether oxygens (including phenoxy) is 1. The Morgan fingerprint density at radius 2 is 1.83 bits per heavy atom. The maximum absolute atomic E-state index is 12.9. The SMILES string of the molecule is COc1ccc2c(Cl)c(C(=O)Nc3ccc(F)cc3)sc2c1Cl. The van der Waals surface area contributed by atoms with Crippen LogP contribution in [0.1, 0.15) is 9.67 Å². The van der Waals surface area contributed by atoms with Gasteiger partial charge in [-0.2, -0.15) is 0 Å². The second-order valence-electron chi connectivity index (χ2n) is 4.66. The number of fused-ring (bicyclic) bond motifs is 1. The normalized spacial score (nSPS) is 10.8. The van der Waals surface area contributed by atoms with Crippen LogP contribution in [-0.4, -0.2) is 13.0 Å². The van der Waals surface area contributed by atoms with Crippen LogP contribution in [0.25, 0.3) is 10.1 Å². The van der Waals surface area contributed by atoms with Gasteiger partial charge in [-0.05, 0) is 36.4 Å². The molecule has 3 rings (SSSR count). The summed E-state index contributed by atoms with van der Waals surface area (Å²) in [5.74, 6) is -0.234. The lowest BCUT2D eigenvalue weighted by Gasteiger charge is -2.03. The van der Waals surface area contributed by atoms with E-state index in [0.29, 0.717) is 36.4 Å². The molecule has 2 aromatic carbocycles. The van der Waals surface area contributed by atoms with Crippen LogP contribution in [0.5, 0.6) is 5.75 Å². The predicted octanol–water partition coefficient (Wildman–Crippen LogP) is 5.61. The third-order valence-corrected chi connectivity index (χ3v) is 5.44. The minimum atomic E-state index is -0.377. The summed E-state index contributed by atoms with van der Waals surface area (Å²) in [4.78, 5) is 12.7. The number of hydrogen-bond donors (Lipinski definition) is 1. The van der Waals surface area contributed by atoms with Gasteiger partial charge in [-0.25, -0.2) is 4.39 Å². The third kappa shape index (κ3) is 3.00. The molecule has 0 bridgehead atoms. The molecule has 0 fully saturated rings. The van der Waals surface area contributed by atoms with Gasteiger partial charge >= 0.3 is 0 Å². The molecule has 1 heterocycles. The number of rotatable bonds is 3. The van der Waals surface area contributed by atoms with Crippen LogP contribution in [0, 0.1) is 5.82 Å². The first-order chi connectivity index (χ1) is 11.0. The van der Waals surface area contributed by atoms with Crippen molar-refractivity contribution in [3.63, 3.8) is 0 Å². The van der Waals surface area contributed by atoms with Crippen LogP contribution in [0.4, 0.5) is 10.1 Å². The van der Waals surface area contributed by atoms with Crippen molar-refractivity contribution in [2.24, 2.45) is 0 Å². The van der Waals surface area contributed by atoms with Gasteiger partial charge in [0.05, 0.1) is 16.8 Å². The zero-order chi connectivity index (χ0) is 16.6. The van der Waals surface area contributed by atoms with Crippen LogP contribution in [0.3, 0.4) is 0 Å². The number of amides is 1. The lowest BCUT2D eigenvalue weighted by Crippen LogP contribution is -2.10. The molecule has 118 valence electrons. The molecule has 0 atom stereocenters. The third-order valence-electron chi connectivity index (χ3n) is 3.23. The molecule has 1 aromatic heterocycles. The minimum absolute atomic E-state index is 0.328. The monoisotopic (exact) mass is 369 g/mol. The molecule has 23 heavy (non-hydrogen) atoms. The molecule has 7 heteroatoms. The highest BCUT2D eigenvalue weighted by atomic mass is 35.5. The highest BCUT2D eigenvalue weighted by Crippen LogP contribution is 2.43. The molecule has 0 spiro atoms. The van der Waals surface area contributed by atoms with Gasteiger partial charge in [-0.3, -0.25) is 4.79 Å². The van der Waals surface area contributed by atoms with Gasteiger partial charge in [0, 0.05) is 11.1 Å². The van der Waals surface area contributed by atoms with Crippen molar-refractivity contribution >= 4 is 56.2 Å². The van der Waals surface area contributed by atoms with Gasteiger partial charge < -0.3 is 10.1 Å². The van der Waals surface area contributed by atoms with E-state index in [1.807, 2.05) is 0 Å². The van der Waals surface area contributed by atoms with Crippen molar-refractivity contribution in [1.29, 1.82) is 0 Å². The molecule has 0 aliphatic carbocycles. The summed E-state index contributed by atoms with van der Waals surface area (Å²) in [6.45, 7) is 0. The van der Waals surface area contributed by atoms with Crippen LogP contribution < -0.4 is 10.1 Å². The molecule has 0 aliphatic rings. The smallest absolute Gasteiger partial charge is 0.267 e. The number of carbonyl (C=O) groups excluding carboxylic acids is 1. The summed E-state index contributed by atoms with van der Waals surface area (Å²) in [6.07, 6.45) is 0. The molecule has 0 saturated carbocycles. The average molecular weight is 370 g/mol. The Balaban J connectivity index is 1.99. The summed E-state index contributed by atoms with van der Waals surface area (Å²) >= 11 is 13.7. The summed E-state index contributed by atoms with van der Waals surface area (Å²) in [7, 11) is 1.52. The molecular weight excluding hydrogens is 360 g/mol. The Labute approximate surface area is 145 Å². The largest absolute Gasteiger partial charge is 0.495 e. The van der Waals surface area contributed by atoms with Gasteiger partial charge in [0.1, 0.15) is 21.5 Å². The first-order valence-corrected chi connectivity index (χ1v) is 8.10. The number of methoxy groups -OCH3 is 1. The number of carbonyl (C=O) groups is 1. The summed E-state index contributed by atoms with van der Waals surface area (Å²) in [5, 5.41) is 4.11. The topological polar surface area (TPSA) is 38.3 Å². The van der Waals surface area contributed by atoms with E-state index in [-0.39, 0.29) is 11.7 Å². The minimum Gasteiger partial charge on any atom is -0.495 e. The van der Waals surface area contributed by atoms with E-state index in [1.165, 1.54) is 42.7 Å².